The molecular formula is C12H22N4O3. The van der Waals surface area contributed by atoms with Gasteiger partial charge in [0.15, 0.2) is 0 Å². The molecule has 1 aromatic rings. The van der Waals surface area contributed by atoms with Gasteiger partial charge < -0.3 is 20.1 Å². The lowest BCUT2D eigenvalue weighted by Crippen LogP contribution is -2.37. The highest BCUT2D eigenvalue weighted by molar-refractivity contribution is 5.76. The summed E-state index contributed by atoms with van der Waals surface area (Å²) in [6.45, 7) is 2.54. The summed E-state index contributed by atoms with van der Waals surface area (Å²) in [4.78, 5) is 13.9. The fourth-order valence-electron chi connectivity index (χ4n) is 1.67. The molecule has 0 saturated heterocycles. The Kier molecular flexibility index (Phi) is 6.91. The zero-order valence-electron chi connectivity index (χ0n) is 11.5. The Morgan fingerprint density at radius 2 is 2.11 bits per heavy atom. The van der Waals surface area contributed by atoms with E-state index in [1.54, 1.807) is 25.3 Å². The van der Waals surface area contributed by atoms with Gasteiger partial charge in [0.1, 0.15) is 6.54 Å². The van der Waals surface area contributed by atoms with Gasteiger partial charge in [0.2, 0.25) is 5.91 Å². The Hall–Kier alpha value is -1.60. The number of ether oxygens (including phenoxy) is 2. The monoisotopic (exact) mass is 270 g/mol. The van der Waals surface area contributed by atoms with Crippen LogP contribution in [0.4, 0.5) is 5.69 Å². The number of carbonyl (C=O) groups is 1. The van der Waals surface area contributed by atoms with Crippen molar-refractivity contribution >= 4 is 11.6 Å². The summed E-state index contributed by atoms with van der Waals surface area (Å²) in [5.41, 5.74) is 6.12. The number of aromatic nitrogens is 2. The van der Waals surface area contributed by atoms with Gasteiger partial charge in [-0.15, -0.1) is 0 Å². The topological polar surface area (TPSA) is 82.6 Å². The number of nitrogens with two attached hydrogens (primary N) is 1. The third-order valence-corrected chi connectivity index (χ3v) is 2.65. The van der Waals surface area contributed by atoms with E-state index in [9.17, 15) is 4.79 Å². The molecule has 19 heavy (non-hydrogen) atoms. The number of carbonyl (C=O) groups excluding carboxylic acids is 1. The summed E-state index contributed by atoms with van der Waals surface area (Å²) < 4.78 is 11.5. The van der Waals surface area contributed by atoms with Crippen LogP contribution < -0.4 is 5.73 Å². The molecule has 0 spiro atoms. The molecule has 7 heteroatoms. The van der Waals surface area contributed by atoms with Crippen LogP contribution in [0.3, 0.4) is 0 Å². The second-order valence-corrected chi connectivity index (χ2v) is 4.19. The van der Waals surface area contributed by atoms with Crippen LogP contribution in [-0.2, 0) is 20.8 Å². The molecule has 0 fully saturated rings. The molecule has 2 N–H and O–H groups in total. The fourth-order valence-corrected chi connectivity index (χ4v) is 1.67. The van der Waals surface area contributed by atoms with E-state index in [1.807, 2.05) is 0 Å². The molecule has 0 aliphatic rings. The number of hydrogen-bond donors (Lipinski definition) is 1. The van der Waals surface area contributed by atoms with Crippen LogP contribution in [0.2, 0.25) is 0 Å². The molecule has 0 bridgehead atoms. The van der Waals surface area contributed by atoms with Gasteiger partial charge in [-0.25, -0.2) is 0 Å². The average molecular weight is 270 g/mol. The zero-order valence-corrected chi connectivity index (χ0v) is 11.5. The molecule has 1 amide bonds. The van der Waals surface area contributed by atoms with E-state index in [-0.39, 0.29) is 12.5 Å². The van der Waals surface area contributed by atoms with Crippen LogP contribution >= 0.6 is 0 Å². The summed E-state index contributed by atoms with van der Waals surface area (Å²) in [7, 11) is 3.26. The molecular weight excluding hydrogens is 248 g/mol. The Balaban J connectivity index is 2.49. The lowest BCUT2D eigenvalue weighted by Gasteiger charge is -2.22. The van der Waals surface area contributed by atoms with E-state index in [2.05, 4.69) is 5.10 Å². The number of nitrogen functional groups attached to an aromatic ring is 1. The number of anilines is 1. The lowest BCUT2D eigenvalue weighted by molar-refractivity contribution is -0.132. The van der Waals surface area contributed by atoms with E-state index < -0.39 is 0 Å². The van der Waals surface area contributed by atoms with Crippen LogP contribution in [0.1, 0.15) is 6.42 Å². The maximum absolute atomic E-state index is 12.1. The summed E-state index contributed by atoms with van der Waals surface area (Å²) in [6, 6.07) is 0. The van der Waals surface area contributed by atoms with Crippen molar-refractivity contribution in [2.75, 3.05) is 46.3 Å². The molecule has 1 heterocycles. The average Bonchev–Trinajstić information content (AvgIpc) is 2.79. The standard InChI is InChI=1S/C12H22N4O3/c1-18-6-3-4-15(5-7-19-2)12(17)10-16-9-11(13)8-14-16/h8-9H,3-7,10,13H2,1-2H3. The van der Waals surface area contributed by atoms with Gasteiger partial charge in [-0.2, -0.15) is 5.10 Å². The molecule has 0 atom stereocenters. The van der Waals surface area contributed by atoms with Crippen molar-refractivity contribution in [2.45, 2.75) is 13.0 Å². The third kappa shape index (κ3) is 5.71. The second-order valence-electron chi connectivity index (χ2n) is 4.19. The Bertz CT molecular complexity index is 381. The molecule has 0 unspecified atom stereocenters. The molecule has 0 aliphatic heterocycles. The van der Waals surface area contributed by atoms with Crippen molar-refractivity contribution in [3.63, 3.8) is 0 Å². The molecule has 7 nitrogen and oxygen atoms in total. The summed E-state index contributed by atoms with van der Waals surface area (Å²) in [5.74, 6) is -0.00347. The molecule has 1 rings (SSSR count). The van der Waals surface area contributed by atoms with Crippen molar-refractivity contribution in [2.24, 2.45) is 0 Å². The summed E-state index contributed by atoms with van der Waals surface area (Å²) >= 11 is 0. The van der Waals surface area contributed by atoms with E-state index in [0.717, 1.165) is 6.42 Å². The number of rotatable bonds is 9. The first-order valence-corrected chi connectivity index (χ1v) is 6.21. The minimum absolute atomic E-state index is 0.00347. The smallest absolute Gasteiger partial charge is 0.244 e. The van der Waals surface area contributed by atoms with E-state index >= 15 is 0 Å². The minimum atomic E-state index is -0.00347. The van der Waals surface area contributed by atoms with Crippen molar-refractivity contribution in [1.82, 2.24) is 14.7 Å². The van der Waals surface area contributed by atoms with E-state index in [1.165, 1.54) is 10.9 Å². The highest BCUT2D eigenvalue weighted by Gasteiger charge is 2.13. The van der Waals surface area contributed by atoms with Gasteiger partial charge in [-0.3, -0.25) is 9.48 Å². The summed E-state index contributed by atoms with van der Waals surface area (Å²) in [5, 5.41) is 4.00. The minimum Gasteiger partial charge on any atom is -0.396 e. The third-order valence-electron chi connectivity index (χ3n) is 2.65. The predicted octanol–water partition coefficient (Wildman–Crippen LogP) is -0.0232. The first kappa shape index (κ1) is 15.5. The van der Waals surface area contributed by atoms with E-state index in [0.29, 0.717) is 32.0 Å². The van der Waals surface area contributed by atoms with Crippen LogP contribution in [0.5, 0.6) is 0 Å². The SMILES string of the molecule is COCCCN(CCOC)C(=O)Cn1cc(N)cn1. The Morgan fingerprint density at radius 3 is 2.68 bits per heavy atom. The fraction of sp³-hybridized carbons (Fsp3) is 0.667. The van der Waals surface area contributed by atoms with Gasteiger partial charge in [-0.05, 0) is 6.42 Å². The van der Waals surface area contributed by atoms with Crippen molar-refractivity contribution in [3.05, 3.63) is 12.4 Å². The number of nitrogens with zero attached hydrogens (tertiary/aromatic N) is 3. The van der Waals surface area contributed by atoms with Gasteiger partial charge in [0, 0.05) is 40.1 Å². The molecule has 0 aliphatic carbocycles. The van der Waals surface area contributed by atoms with Crippen LogP contribution in [0, 0.1) is 0 Å². The quantitative estimate of drug-likeness (QED) is 0.637. The number of amides is 1. The van der Waals surface area contributed by atoms with Crippen LogP contribution in [0.15, 0.2) is 12.4 Å². The molecule has 1 aromatic heterocycles. The van der Waals surface area contributed by atoms with Crippen LogP contribution in [-0.4, -0.2) is 61.1 Å². The van der Waals surface area contributed by atoms with Gasteiger partial charge in [0.25, 0.3) is 0 Å². The molecule has 108 valence electrons. The maximum Gasteiger partial charge on any atom is 0.244 e. The van der Waals surface area contributed by atoms with Crippen molar-refractivity contribution < 1.29 is 14.3 Å². The van der Waals surface area contributed by atoms with Crippen LogP contribution in [0.25, 0.3) is 0 Å². The van der Waals surface area contributed by atoms with Gasteiger partial charge in [0.05, 0.1) is 18.5 Å². The van der Waals surface area contributed by atoms with Crippen molar-refractivity contribution in [3.8, 4) is 0 Å². The maximum atomic E-state index is 12.1. The lowest BCUT2D eigenvalue weighted by atomic mass is 10.3. The van der Waals surface area contributed by atoms with Gasteiger partial charge >= 0.3 is 0 Å². The summed E-state index contributed by atoms with van der Waals surface area (Å²) in [6.07, 6.45) is 3.96. The second kappa shape index (κ2) is 8.49. The highest BCUT2D eigenvalue weighted by atomic mass is 16.5. The molecule has 0 radical (unpaired) electrons. The normalized spacial score (nSPS) is 10.6. The van der Waals surface area contributed by atoms with Gasteiger partial charge in [-0.1, -0.05) is 0 Å². The van der Waals surface area contributed by atoms with E-state index in [4.69, 9.17) is 15.2 Å². The highest BCUT2D eigenvalue weighted by Crippen LogP contribution is 2.01. The Labute approximate surface area is 113 Å². The predicted molar refractivity (Wildman–Crippen MR) is 71.6 cm³/mol. The first-order chi connectivity index (χ1) is 9.17. The zero-order chi connectivity index (χ0) is 14.1. The van der Waals surface area contributed by atoms with Crippen molar-refractivity contribution in [1.29, 1.82) is 0 Å². The first-order valence-electron chi connectivity index (χ1n) is 6.21. The molecule has 0 saturated carbocycles. The largest absolute Gasteiger partial charge is 0.396 e. The molecule has 0 aromatic carbocycles. The Morgan fingerprint density at radius 1 is 1.37 bits per heavy atom. The number of methoxy groups -OCH3 is 2. The number of hydrogen-bond acceptors (Lipinski definition) is 5.